The van der Waals surface area contributed by atoms with Gasteiger partial charge in [0.15, 0.2) is 11.9 Å². The number of rotatable bonds is 7. The van der Waals surface area contributed by atoms with Crippen molar-refractivity contribution in [2.75, 3.05) is 13.3 Å². The number of aryl methyl sites for hydroxylation is 1. The number of thioether (sulfide) groups is 1. The molecule has 0 unspecified atom stereocenters. The minimum atomic E-state index is -0.528. The molecule has 0 spiro atoms. The smallest absolute Gasteiger partial charge is 0.409 e. The fourth-order valence-corrected chi connectivity index (χ4v) is 4.18. The number of amides is 1. The van der Waals surface area contributed by atoms with Crippen LogP contribution >= 0.6 is 35.0 Å². The quantitative estimate of drug-likeness (QED) is 0.404. The summed E-state index contributed by atoms with van der Waals surface area (Å²) in [5, 5.41) is 4.11. The Morgan fingerprint density at radius 2 is 2.04 bits per heavy atom. The van der Waals surface area contributed by atoms with E-state index in [4.69, 9.17) is 32.7 Å². The maximum absolute atomic E-state index is 11.4. The van der Waals surface area contributed by atoms with Crippen LogP contribution < -0.4 is 10.1 Å². The Balaban J connectivity index is 1.70. The number of alkyl carbamates (subject to hydrolysis) is 1. The number of aromatic nitrogens is 3. The topological polar surface area (TPSA) is 86.2 Å². The first-order valence-electron chi connectivity index (χ1n) is 8.42. The predicted molar refractivity (Wildman–Crippen MR) is 104 cm³/mol. The normalized spacial score (nSPS) is 12.6. The second-order valence-corrected chi connectivity index (χ2v) is 7.40. The number of halogens is 2. The van der Waals surface area contributed by atoms with Crippen LogP contribution in [0, 0.1) is 0 Å². The lowest BCUT2D eigenvalue weighted by molar-refractivity contribution is 0.140. The number of hydrogen-bond acceptors (Lipinski definition) is 7. The van der Waals surface area contributed by atoms with Crippen molar-refractivity contribution in [1.82, 2.24) is 20.3 Å². The number of carbonyl (C=O) groups excluding carboxylic acids is 1. The molecule has 0 radical (unpaired) electrons. The summed E-state index contributed by atoms with van der Waals surface area (Å²) in [7, 11) is 0. The number of fused-ring (bicyclic) bond motifs is 1. The van der Waals surface area contributed by atoms with Crippen molar-refractivity contribution in [2.24, 2.45) is 0 Å². The number of pyridine rings is 1. The minimum absolute atomic E-state index is 0.0194. The van der Waals surface area contributed by atoms with Crippen LogP contribution in [0.3, 0.4) is 0 Å². The SMILES string of the molecule is CCOC(=O)NCOc1nc(SCc2c(Cl)cncc2Cl)nc2c1CCC2. The minimum Gasteiger partial charge on any atom is -0.456 e. The highest BCUT2D eigenvalue weighted by molar-refractivity contribution is 7.98. The fraction of sp³-hybridized carbons (Fsp3) is 0.412. The molecule has 2 aromatic heterocycles. The average molecular weight is 429 g/mol. The Morgan fingerprint density at radius 3 is 2.78 bits per heavy atom. The molecule has 2 aromatic rings. The highest BCUT2D eigenvalue weighted by atomic mass is 35.5. The third-order valence-electron chi connectivity index (χ3n) is 3.87. The van der Waals surface area contributed by atoms with E-state index in [0.29, 0.717) is 33.4 Å². The van der Waals surface area contributed by atoms with E-state index in [1.54, 1.807) is 19.3 Å². The van der Waals surface area contributed by atoms with Crippen LogP contribution in [0.15, 0.2) is 17.6 Å². The van der Waals surface area contributed by atoms with E-state index in [0.717, 1.165) is 36.1 Å². The molecular formula is C17H18Cl2N4O3S. The predicted octanol–water partition coefficient (Wildman–Crippen LogP) is 4.04. The molecule has 1 aliphatic rings. The number of hydrogen-bond donors (Lipinski definition) is 1. The van der Waals surface area contributed by atoms with Gasteiger partial charge in [-0.3, -0.25) is 10.3 Å². The zero-order chi connectivity index (χ0) is 19.2. The van der Waals surface area contributed by atoms with Crippen molar-refractivity contribution in [1.29, 1.82) is 0 Å². The molecule has 0 aliphatic heterocycles. The standard InChI is InChI=1S/C17H18Cl2N4O3S/c1-2-25-17(24)21-9-26-15-10-4-3-5-14(10)22-16(23-15)27-8-11-12(18)6-20-7-13(11)19/h6-7H,2-5,8-9H2,1H3,(H,21,24). The van der Waals surface area contributed by atoms with Gasteiger partial charge < -0.3 is 9.47 Å². The Morgan fingerprint density at radius 1 is 1.26 bits per heavy atom. The van der Waals surface area contributed by atoms with E-state index in [2.05, 4.69) is 20.3 Å². The van der Waals surface area contributed by atoms with Crippen LogP contribution in [0.2, 0.25) is 10.0 Å². The van der Waals surface area contributed by atoms with Crippen LogP contribution in [-0.4, -0.2) is 34.4 Å². The van der Waals surface area contributed by atoms with Gasteiger partial charge in [-0.15, -0.1) is 0 Å². The molecule has 7 nitrogen and oxygen atoms in total. The van der Waals surface area contributed by atoms with Gasteiger partial charge in [0.2, 0.25) is 5.88 Å². The van der Waals surface area contributed by atoms with Gasteiger partial charge in [-0.25, -0.2) is 9.78 Å². The van der Waals surface area contributed by atoms with E-state index in [-0.39, 0.29) is 6.73 Å². The van der Waals surface area contributed by atoms with Gasteiger partial charge in [-0.05, 0) is 26.2 Å². The number of carbonyl (C=O) groups is 1. The molecule has 0 saturated carbocycles. The Hall–Kier alpha value is -1.77. The zero-order valence-electron chi connectivity index (χ0n) is 14.6. The summed E-state index contributed by atoms with van der Waals surface area (Å²) in [4.78, 5) is 24.4. The molecule has 27 heavy (non-hydrogen) atoms. The number of ether oxygens (including phenoxy) is 2. The molecule has 0 aromatic carbocycles. The molecule has 0 atom stereocenters. The molecule has 3 rings (SSSR count). The molecule has 2 heterocycles. The van der Waals surface area contributed by atoms with Crippen molar-refractivity contribution in [2.45, 2.75) is 37.1 Å². The number of nitrogens with zero attached hydrogens (tertiary/aromatic N) is 3. The third-order valence-corrected chi connectivity index (χ3v) is 5.40. The van der Waals surface area contributed by atoms with Gasteiger partial charge in [0.1, 0.15) is 0 Å². The van der Waals surface area contributed by atoms with Crippen molar-refractivity contribution in [3.63, 3.8) is 0 Å². The second-order valence-electron chi connectivity index (χ2n) is 5.65. The molecular weight excluding hydrogens is 411 g/mol. The maximum atomic E-state index is 11.4. The first-order chi connectivity index (χ1) is 13.1. The molecule has 10 heteroatoms. The summed E-state index contributed by atoms with van der Waals surface area (Å²) >= 11 is 13.8. The van der Waals surface area contributed by atoms with Gasteiger partial charge in [-0.1, -0.05) is 35.0 Å². The van der Waals surface area contributed by atoms with Crippen LogP contribution in [-0.2, 0) is 23.3 Å². The molecule has 1 N–H and O–H groups in total. The van der Waals surface area contributed by atoms with Gasteiger partial charge in [-0.2, -0.15) is 4.98 Å². The summed E-state index contributed by atoms with van der Waals surface area (Å²) in [5.74, 6) is 1.00. The van der Waals surface area contributed by atoms with E-state index in [1.165, 1.54) is 11.8 Å². The molecule has 144 valence electrons. The van der Waals surface area contributed by atoms with E-state index in [1.807, 2.05) is 0 Å². The second kappa shape index (κ2) is 9.43. The van der Waals surface area contributed by atoms with Crippen molar-refractivity contribution in [3.05, 3.63) is 39.3 Å². The molecule has 0 bridgehead atoms. The first-order valence-corrected chi connectivity index (χ1v) is 10.2. The summed E-state index contributed by atoms with van der Waals surface area (Å²) in [6.07, 6.45) is 5.33. The third kappa shape index (κ3) is 5.15. The summed E-state index contributed by atoms with van der Waals surface area (Å²) < 4.78 is 10.5. The Labute approximate surface area is 171 Å². The van der Waals surface area contributed by atoms with Crippen LogP contribution in [0.1, 0.15) is 30.2 Å². The maximum Gasteiger partial charge on any atom is 0.409 e. The molecule has 0 saturated heterocycles. The molecule has 1 amide bonds. The summed E-state index contributed by atoms with van der Waals surface area (Å²) in [6, 6.07) is 0. The van der Waals surface area contributed by atoms with Crippen LogP contribution in [0.4, 0.5) is 4.79 Å². The monoisotopic (exact) mass is 428 g/mol. The highest BCUT2D eigenvalue weighted by Crippen LogP contribution is 2.33. The van der Waals surface area contributed by atoms with Crippen molar-refractivity contribution in [3.8, 4) is 5.88 Å². The van der Waals surface area contributed by atoms with Crippen molar-refractivity contribution < 1.29 is 14.3 Å². The van der Waals surface area contributed by atoms with Gasteiger partial charge in [0.25, 0.3) is 0 Å². The lowest BCUT2D eigenvalue weighted by Crippen LogP contribution is -2.28. The Kier molecular flexibility index (Phi) is 6.98. The molecule has 0 fully saturated rings. The van der Waals surface area contributed by atoms with Gasteiger partial charge >= 0.3 is 6.09 Å². The first kappa shape index (κ1) is 20.0. The van der Waals surface area contributed by atoms with E-state index in [9.17, 15) is 4.79 Å². The van der Waals surface area contributed by atoms with Gasteiger partial charge in [0, 0.05) is 29.3 Å². The van der Waals surface area contributed by atoms with Crippen molar-refractivity contribution >= 4 is 41.1 Å². The summed E-state index contributed by atoms with van der Waals surface area (Å²) in [6.45, 7) is 2.02. The lowest BCUT2D eigenvalue weighted by Gasteiger charge is -2.12. The Bertz CT molecular complexity index is 818. The van der Waals surface area contributed by atoms with E-state index < -0.39 is 6.09 Å². The van der Waals surface area contributed by atoms with Gasteiger partial charge in [0.05, 0.1) is 22.3 Å². The number of nitrogens with one attached hydrogen (secondary N) is 1. The van der Waals surface area contributed by atoms with Crippen LogP contribution in [0.25, 0.3) is 0 Å². The molecule has 1 aliphatic carbocycles. The summed E-state index contributed by atoms with van der Waals surface area (Å²) in [5.41, 5.74) is 2.75. The average Bonchev–Trinajstić information content (AvgIpc) is 3.10. The van der Waals surface area contributed by atoms with Crippen LogP contribution in [0.5, 0.6) is 5.88 Å². The largest absolute Gasteiger partial charge is 0.456 e. The lowest BCUT2D eigenvalue weighted by atomic mass is 10.2. The van der Waals surface area contributed by atoms with E-state index >= 15 is 0 Å². The fourth-order valence-electron chi connectivity index (χ4n) is 2.62. The zero-order valence-corrected chi connectivity index (χ0v) is 17.0. The highest BCUT2D eigenvalue weighted by Gasteiger charge is 2.21.